The fourth-order valence-corrected chi connectivity index (χ4v) is 1.88. The number of phenolic OH excluding ortho intramolecular Hbond substituents is 1. The average molecular weight is 265 g/mol. The first kappa shape index (κ1) is 12.1. The van der Waals surface area contributed by atoms with E-state index in [1.165, 1.54) is 10.9 Å². The first-order valence-corrected chi connectivity index (χ1v) is 6.06. The first-order chi connectivity index (χ1) is 9.75. The van der Waals surface area contributed by atoms with Crippen LogP contribution in [0.4, 0.5) is 0 Å². The number of aromatic nitrogens is 3. The van der Waals surface area contributed by atoms with Crippen molar-refractivity contribution in [2.75, 3.05) is 0 Å². The smallest absolute Gasteiger partial charge is 0.214 e. The van der Waals surface area contributed by atoms with Crippen molar-refractivity contribution in [3.05, 3.63) is 72.1 Å². The van der Waals surface area contributed by atoms with Crippen LogP contribution in [0.25, 0.3) is 5.69 Å². The summed E-state index contributed by atoms with van der Waals surface area (Å²) in [6, 6.07) is 15.6. The van der Waals surface area contributed by atoms with E-state index in [0.29, 0.717) is 11.3 Å². The molecule has 0 bridgehead atoms. The molecule has 20 heavy (non-hydrogen) atoms. The van der Waals surface area contributed by atoms with Gasteiger partial charge in [-0.3, -0.25) is 4.79 Å². The van der Waals surface area contributed by atoms with E-state index in [0.717, 1.165) is 0 Å². The minimum absolute atomic E-state index is 0.0797. The Morgan fingerprint density at radius 1 is 1.00 bits per heavy atom. The summed E-state index contributed by atoms with van der Waals surface area (Å²) in [7, 11) is 0. The molecule has 1 N–H and O–H groups in total. The van der Waals surface area contributed by atoms with E-state index in [2.05, 4.69) is 10.3 Å². The lowest BCUT2D eigenvalue weighted by atomic mass is 10.1. The molecule has 0 atom stereocenters. The van der Waals surface area contributed by atoms with Gasteiger partial charge in [0.15, 0.2) is 5.69 Å². The monoisotopic (exact) mass is 265 g/mol. The molecule has 5 nitrogen and oxygen atoms in total. The molecular weight excluding hydrogens is 254 g/mol. The fraction of sp³-hybridized carbons (Fsp3) is 0. The van der Waals surface area contributed by atoms with Crippen molar-refractivity contribution < 1.29 is 9.90 Å². The van der Waals surface area contributed by atoms with Gasteiger partial charge in [-0.15, -0.1) is 5.10 Å². The second kappa shape index (κ2) is 4.97. The maximum Gasteiger partial charge on any atom is 0.214 e. The molecule has 5 heteroatoms. The molecule has 2 aromatic carbocycles. The van der Waals surface area contributed by atoms with Gasteiger partial charge < -0.3 is 5.11 Å². The van der Waals surface area contributed by atoms with Gasteiger partial charge in [0.05, 0.1) is 6.20 Å². The summed E-state index contributed by atoms with van der Waals surface area (Å²) in [5.74, 6) is -0.122. The van der Waals surface area contributed by atoms with E-state index in [1.807, 2.05) is 6.07 Å². The summed E-state index contributed by atoms with van der Waals surface area (Å²) < 4.78 is 1.38. The number of phenols is 1. The SMILES string of the molecule is O=C(c1ccccc1)c1cn(-c2ccccc2O)nn1. The number of carbonyl (C=O) groups is 1. The molecule has 0 aliphatic carbocycles. The molecule has 0 aliphatic heterocycles. The lowest BCUT2D eigenvalue weighted by Crippen LogP contribution is -2.01. The highest BCUT2D eigenvalue weighted by Gasteiger charge is 2.14. The van der Waals surface area contributed by atoms with Gasteiger partial charge in [0.1, 0.15) is 11.4 Å². The van der Waals surface area contributed by atoms with E-state index < -0.39 is 0 Å². The zero-order valence-electron chi connectivity index (χ0n) is 10.5. The second-order valence-electron chi connectivity index (χ2n) is 4.23. The van der Waals surface area contributed by atoms with Gasteiger partial charge in [-0.2, -0.15) is 0 Å². The van der Waals surface area contributed by atoms with E-state index in [9.17, 15) is 9.90 Å². The zero-order chi connectivity index (χ0) is 13.9. The Morgan fingerprint density at radius 3 is 2.45 bits per heavy atom. The maximum absolute atomic E-state index is 12.2. The Labute approximate surface area is 115 Å². The summed E-state index contributed by atoms with van der Waals surface area (Å²) in [4.78, 5) is 12.2. The number of nitrogens with zero attached hydrogens (tertiary/aromatic N) is 3. The Bertz CT molecular complexity index is 751. The molecular formula is C15H11N3O2. The molecule has 1 heterocycles. The van der Waals surface area contributed by atoms with Gasteiger partial charge in [0.2, 0.25) is 5.78 Å². The van der Waals surface area contributed by atoms with Crippen molar-refractivity contribution in [2.24, 2.45) is 0 Å². The van der Waals surface area contributed by atoms with Crippen molar-refractivity contribution >= 4 is 5.78 Å². The van der Waals surface area contributed by atoms with Crippen molar-refractivity contribution in [2.45, 2.75) is 0 Å². The standard InChI is InChI=1S/C15H11N3O2/c19-14-9-5-4-8-13(14)18-10-12(16-17-18)15(20)11-6-2-1-3-7-11/h1-10,19H. The minimum Gasteiger partial charge on any atom is -0.506 e. The van der Waals surface area contributed by atoms with Crippen molar-refractivity contribution in [3.8, 4) is 11.4 Å². The normalized spacial score (nSPS) is 10.4. The fourth-order valence-electron chi connectivity index (χ4n) is 1.88. The van der Waals surface area contributed by atoms with Crippen molar-refractivity contribution in [1.29, 1.82) is 0 Å². The Morgan fingerprint density at radius 2 is 1.70 bits per heavy atom. The molecule has 0 fully saturated rings. The van der Waals surface area contributed by atoms with Gasteiger partial charge in [0, 0.05) is 5.56 Å². The Kier molecular flexibility index (Phi) is 3.01. The maximum atomic E-state index is 12.2. The molecule has 0 amide bonds. The number of benzene rings is 2. The van der Waals surface area contributed by atoms with Crippen LogP contribution in [0.5, 0.6) is 5.75 Å². The number of para-hydroxylation sites is 2. The van der Waals surface area contributed by atoms with Crippen molar-refractivity contribution in [1.82, 2.24) is 15.0 Å². The molecule has 0 unspecified atom stereocenters. The van der Waals surface area contributed by atoms with Crippen LogP contribution in [0.15, 0.2) is 60.8 Å². The molecule has 0 spiro atoms. The van der Waals surface area contributed by atoms with Gasteiger partial charge in [-0.05, 0) is 12.1 Å². The van der Waals surface area contributed by atoms with Gasteiger partial charge in [0.25, 0.3) is 0 Å². The highest BCUT2D eigenvalue weighted by molar-refractivity contribution is 6.07. The molecule has 3 aromatic rings. The van der Waals surface area contributed by atoms with Crippen LogP contribution in [-0.4, -0.2) is 25.9 Å². The predicted octanol–water partition coefficient (Wildman–Crippen LogP) is 2.20. The summed E-state index contributed by atoms with van der Waals surface area (Å²) in [5.41, 5.74) is 1.27. The lowest BCUT2D eigenvalue weighted by molar-refractivity contribution is 0.103. The largest absolute Gasteiger partial charge is 0.506 e. The van der Waals surface area contributed by atoms with Crippen LogP contribution in [0.1, 0.15) is 16.1 Å². The number of hydrogen-bond acceptors (Lipinski definition) is 4. The number of hydrogen-bond donors (Lipinski definition) is 1. The highest BCUT2D eigenvalue weighted by Crippen LogP contribution is 2.20. The van der Waals surface area contributed by atoms with Crippen LogP contribution in [0.2, 0.25) is 0 Å². The average Bonchev–Trinajstić information content (AvgIpc) is 2.97. The molecule has 0 saturated heterocycles. The molecule has 0 aliphatic rings. The Hall–Kier alpha value is -2.95. The summed E-state index contributed by atoms with van der Waals surface area (Å²) in [6.07, 6.45) is 1.50. The summed E-state index contributed by atoms with van der Waals surface area (Å²) >= 11 is 0. The number of carbonyl (C=O) groups excluding carboxylic acids is 1. The van der Waals surface area contributed by atoms with Crippen LogP contribution in [-0.2, 0) is 0 Å². The number of aromatic hydroxyl groups is 1. The molecule has 0 saturated carbocycles. The van der Waals surface area contributed by atoms with E-state index in [1.54, 1.807) is 48.5 Å². The molecule has 1 aromatic heterocycles. The van der Waals surface area contributed by atoms with E-state index >= 15 is 0 Å². The third-order valence-corrected chi connectivity index (χ3v) is 2.89. The minimum atomic E-state index is -0.202. The van der Waals surface area contributed by atoms with E-state index in [4.69, 9.17) is 0 Å². The third-order valence-electron chi connectivity index (χ3n) is 2.89. The highest BCUT2D eigenvalue weighted by atomic mass is 16.3. The number of rotatable bonds is 3. The zero-order valence-corrected chi connectivity index (χ0v) is 10.5. The van der Waals surface area contributed by atoms with E-state index in [-0.39, 0.29) is 17.2 Å². The number of ketones is 1. The molecule has 3 rings (SSSR count). The summed E-state index contributed by atoms with van der Waals surface area (Å²) in [5, 5.41) is 17.5. The molecule has 0 radical (unpaired) electrons. The topological polar surface area (TPSA) is 68.0 Å². The van der Waals surface area contributed by atoms with Crippen molar-refractivity contribution in [3.63, 3.8) is 0 Å². The van der Waals surface area contributed by atoms with Gasteiger partial charge in [-0.1, -0.05) is 47.7 Å². The van der Waals surface area contributed by atoms with Crippen LogP contribution >= 0.6 is 0 Å². The Balaban J connectivity index is 1.95. The quantitative estimate of drug-likeness (QED) is 0.737. The lowest BCUT2D eigenvalue weighted by Gasteiger charge is -2.01. The molecule has 98 valence electrons. The predicted molar refractivity (Wildman–Crippen MR) is 72.9 cm³/mol. The van der Waals surface area contributed by atoms with Gasteiger partial charge in [-0.25, -0.2) is 4.68 Å². The third kappa shape index (κ3) is 2.16. The van der Waals surface area contributed by atoms with Crippen LogP contribution in [0, 0.1) is 0 Å². The first-order valence-electron chi connectivity index (χ1n) is 6.06. The van der Waals surface area contributed by atoms with Crippen LogP contribution < -0.4 is 0 Å². The van der Waals surface area contributed by atoms with Crippen LogP contribution in [0.3, 0.4) is 0 Å². The van der Waals surface area contributed by atoms with Gasteiger partial charge >= 0.3 is 0 Å². The summed E-state index contributed by atoms with van der Waals surface area (Å²) in [6.45, 7) is 0. The second-order valence-corrected chi connectivity index (χ2v) is 4.23.